The number of halogens is 1. The lowest BCUT2D eigenvalue weighted by Crippen LogP contribution is -1.98. The second-order valence-corrected chi connectivity index (χ2v) is 5.70. The number of nitrogens with two attached hydrogens (primary N) is 1. The molecular formula is C16H15BrN4. The van der Waals surface area contributed by atoms with E-state index < -0.39 is 0 Å². The Hall–Kier alpha value is -2.14. The first-order valence-electron chi connectivity index (χ1n) is 6.58. The van der Waals surface area contributed by atoms with Gasteiger partial charge < -0.3 is 5.73 Å². The third kappa shape index (κ3) is 2.34. The summed E-state index contributed by atoms with van der Waals surface area (Å²) in [5.74, 6) is 0.631. The Morgan fingerprint density at radius 1 is 1.19 bits per heavy atom. The number of nitrogens with zero attached hydrogens (tertiary/aromatic N) is 3. The van der Waals surface area contributed by atoms with Gasteiger partial charge in [-0.25, -0.2) is 0 Å². The molecule has 5 heteroatoms. The van der Waals surface area contributed by atoms with Crippen LogP contribution in [0.5, 0.6) is 0 Å². The summed E-state index contributed by atoms with van der Waals surface area (Å²) in [5, 5.41) is 4.59. The molecule has 0 saturated heterocycles. The second-order valence-electron chi connectivity index (χ2n) is 4.91. The monoisotopic (exact) mass is 342 g/mol. The van der Waals surface area contributed by atoms with E-state index in [1.165, 1.54) is 0 Å². The third-order valence-corrected chi connectivity index (χ3v) is 4.54. The molecule has 0 fully saturated rings. The van der Waals surface area contributed by atoms with Crippen LogP contribution in [0.1, 0.15) is 5.56 Å². The minimum absolute atomic E-state index is 0.631. The summed E-state index contributed by atoms with van der Waals surface area (Å²) in [5.41, 5.74) is 11.1. The number of nitrogen functional groups attached to an aromatic ring is 1. The standard InChI is InChI=1S/C16H15BrN4/c1-10-5-3-7-12(14(10)17)15-13(16(18)21(2)20-15)11-6-4-8-19-9-11/h3-9H,18H2,1-2H3. The lowest BCUT2D eigenvalue weighted by atomic mass is 10.0. The highest BCUT2D eigenvalue weighted by molar-refractivity contribution is 9.10. The molecule has 0 unspecified atom stereocenters. The van der Waals surface area contributed by atoms with Crippen LogP contribution in [0.25, 0.3) is 22.4 Å². The van der Waals surface area contributed by atoms with E-state index in [2.05, 4.69) is 39.0 Å². The van der Waals surface area contributed by atoms with Crippen molar-refractivity contribution < 1.29 is 0 Å². The molecule has 0 aliphatic carbocycles. The molecule has 2 heterocycles. The van der Waals surface area contributed by atoms with Gasteiger partial charge in [0.15, 0.2) is 0 Å². The van der Waals surface area contributed by atoms with Crippen LogP contribution < -0.4 is 5.73 Å². The molecule has 0 aliphatic rings. The third-order valence-electron chi connectivity index (χ3n) is 3.49. The Morgan fingerprint density at radius 3 is 2.71 bits per heavy atom. The minimum atomic E-state index is 0.631. The van der Waals surface area contributed by atoms with Crippen molar-refractivity contribution in [2.45, 2.75) is 6.92 Å². The Balaban J connectivity index is 2.30. The molecule has 21 heavy (non-hydrogen) atoms. The number of rotatable bonds is 2. The molecular weight excluding hydrogens is 328 g/mol. The van der Waals surface area contributed by atoms with Crippen molar-refractivity contribution in [3.8, 4) is 22.4 Å². The predicted octanol–water partition coefficient (Wildman–Crippen LogP) is 3.80. The van der Waals surface area contributed by atoms with Crippen molar-refractivity contribution >= 4 is 21.7 Å². The van der Waals surface area contributed by atoms with Gasteiger partial charge in [0.05, 0.1) is 5.56 Å². The highest BCUT2D eigenvalue weighted by Gasteiger charge is 2.19. The van der Waals surface area contributed by atoms with Crippen LogP contribution in [-0.2, 0) is 7.05 Å². The number of benzene rings is 1. The van der Waals surface area contributed by atoms with Gasteiger partial charge in [0.1, 0.15) is 11.5 Å². The molecule has 3 aromatic rings. The number of hydrogen-bond donors (Lipinski definition) is 1. The van der Waals surface area contributed by atoms with Crippen molar-refractivity contribution in [3.63, 3.8) is 0 Å². The largest absolute Gasteiger partial charge is 0.383 e. The molecule has 0 bridgehead atoms. The summed E-state index contributed by atoms with van der Waals surface area (Å²) in [6.07, 6.45) is 3.55. The van der Waals surface area contributed by atoms with Crippen molar-refractivity contribution in [1.29, 1.82) is 0 Å². The molecule has 3 rings (SSSR count). The normalized spacial score (nSPS) is 10.8. The Morgan fingerprint density at radius 2 is 2.00 bits per heavy atom. The van der Waals surface area contributed by atoms with E-state index in [1.807, 2.05) is 31.3 Å². The van der Waals surface area contributed by atoms with Crippen LogP contribution in [-0.4, -0.2) is 14.8 Å². The highest BCUT2D eigenvalue weighted by Crippen LogP contribution is 2.39. The zero-order valence-corrected chi connectivity index (χ0v) is 13.4. The maximum atomic E-state index is 6.22. The fourth-order valence-corrected chi connectivity index (χ4v) is 2.80. The number of pyridine rings is 1. The van der Waals surface area contributed by atoms with Crippen LogP contribution in [0.2, 0.25) is 0 Å². The lowest BCUT2D eigenvalue weighted by molar-refractivity contribution is 0.782. The molecule has 0 amide bonds. The van der Waals surface area contributed by atoms with E-state index in [4.69, 9.17) is 5.73 Å². The predicted molar refractivity (Wildman–Crippen MR) is 88.7 cm³/mol. The fourth-order valence-electron chi connectivity index (χ4n) is 2.35. The average Bonchev–Trinajstić information content (AvgIpc) is 2.78. The smallest absolute Gasteiger partial charge is 0.129 e. The molecule has 0 saturated carbocycles. The van der Waals surface area contributed by atoms with Gasteiger partial charge in [-0.1, -0.05) is 24.3 Å². The molecule has 0 spiro atoms. The topological polar surface area (TPSA) is 56.7 Å². The van der Waals surface area contributed by atoms with Gasteiger partial charge in [-0.05, 0) is 34.5 Å². The molecule has 0 aliphatic heterocycles. The molecule has 106 valence electrons. The van der Waals surface area contributed by atoms with Crippen molar-refractivity contribution in [2.75, 3.05) is 5.73 Å². The number of aromatic nitrogens is 3. The molecule has 0 atom stereocenters. The molecule has 2 N–H and O–H groups in total. The number of aryl methyl sites for hydroxylation is 2. The fraction of sp³-hybridized carbons (Fsp3) is 0.125. The quantitative estimate of drug-likeness (QED) is 0.770. The van der Waals surface area contributed by atoms with E-state index in [0.29, 0.717) is 5.82 Å². The first-order chi connectivity index (χ1) is 10.1. The van der Waals surface area contributed by atoms with E-state index in [0.717, 1.165) is 32.4 Å². The molecule has 1 aromatic carbocycles. The Bertz CT molecular complexity index is 794. The average molecular weight is 343 g/mol. The van der Waals surface area contributed by atoms with Crippen LogP contribution in [0.4, 0.5) is 5.82 Å². The van der Waals surface area contributed by atoms with E-state index >= 15 is 0 Å². The summed E-state index contributed by atoms with van der Waals surface area (Å²) in [7, 11) is 1.85. The van der Waals surface area contributed by atoms with Crippen molar-refractivity contribution in [1.82, 2.24) is 14.8 Å². The summed E-state index contributed by atoms with van der Waals surface area (Å²) in [6, 6.07) is 10.0. The summed E-state index contributed by atoms with van der Waals surface area (Å²) in [6.45, 7) is 2.06. The lowest BCUT2D eigenvalue weighted by Gasteiger charge is -2.07. The van der Waals surface area contributed by atoms with Gasteiger partial charge in [-0.3, -0.25) is 9.67 Å². The summed E-state index contributed by atoms with van der Waals surface area (Å²) < 4.78 is 2.74. The summed E-state index contributed by atoms with van der Waals surface area (Å²) >= 11 is 3.65. The SMILES string of the molecule is Cc1cccc(-c2nn(C)c(N)c2-c2cccnc2)c1Br. The van der Waals surface area contributed by atoms with E-state index in [1.54, 1.807) is 17.1 Å². The van der Waals surface area contributed by atoms with Crippen molar-refractivity contribution in [2.24, 2.45) is 7.05 Å². The zero-order valence-electron chi connectivity index (χ0n) is 11.8. The van der Waals surface area contributed by atoms with Crippen LogP contribution in [0, 0.1) is 6.92 Å². The molecule has 4 nitrogen and oxygen atoms in total. The first-order valence-corrected chi connectivity index (χ1v) is 7.37. The Kier molecular flexibility index (Phi) is 3.51. The van der Waals surface area contributed by atoms with Crippen LogP contribution in [0.3, 0.4) is 0 Å². The van der Waals surface area contributed by atoms with Gasteiger partial charge in [-0.15, -0.1) is 0 Å². The van der Waals surface area contributed by atoms with Crippen LogP contribution >= 0.6 is 15.9 Å². The zero-order chi connectivity index (χ0) is 15.0. The first kappa shape index (κ1) is 13.8. The second kappa shape index (κ2) is 5.33. The van der Waals surface area contributed by atoms with E-state index in [-0.39, 0.29) is 0 Å². The molecule has 0 radical (unpaired) electrons. The van der Waals surface area contributed by atoms with Crippen molar-refractivity contribution in [3.05, 3.63) is 52.8 Å². The maximum absolute atomic E-state index is 6.22. The van der Waals surface area contributed by atoms with Gasteiger partial charge in [-0.2, -0.15) is 5.10 Å². The minimum Gasteiger partial charge on any atom is -0.383 e. The summed E-state index contributed by atoms with van der Waals surface area (Å²) in [4.78, 5) is 4.18. The highest BCUT2D eigenvalue weighted by atomic mass is 79.9. The van der Waals surface area contributed by atoms with Gasteiger partial charge in [0.25, 0.3) is 0 Å². The Labute approximate surface area is 131 Å². The van der Waals surface area contributed by atoms with Gasteiger partial charge in [0.2, 0.25) is 0 Å². The van der Waals surface area contributed by atoms with Gasteiger partial charge in [0, 0.05) is 35.0 Å². The molecule has 2 aromatic heterocycles. The maximum Gasteiger partial charge on any atom is 0.129 e. The van der Waals surface area contributed by atoms with Crippen LogP contribution in [0.15, 0.2) is 47.2 Å². The van der Waals surface area contributed by atoms with E-state index in [9.17, 15) is 0 Å². The van der Waals surface area contributed by atoms with Gasteiger partial charge >= 0.3 is 0 Å². The number of anilines is 1. The number of hydrogen-bond acceptors (Lipinski definition) is 3.